The van der Waals surface area contributed by atoms with Gasteiger partial charge < -0.3 is 9.47 Å². The monoisotopic (exact) mass is 281 g/mol. The fourth-order valence-electron chi connectivity index (χ4n) is 2.22. The third-order valence-corrected chi connectivity index (χ3v) is 3.35. The van der Waals surface area contributed by atoms with E-state index < -0.39 is 0 Å². The van der Waals surface area contributed by atoms with Crippen molar-refractivity contribution in [3.8, 4) is 11.5 Å². The van der Waals surface area contributed by atoms with Gasteiger partial charge in [-0.25, -0.2) is 9.79 Å². The molecule has 0 bridgehead atoms. The number of benzene rings is 1. The molecule has 4 nitrogen and oxygen atoms in total. The summed E-state index contributed by atoms with van der Waals surface area (Å²) in [5.74, 6) is 1.60. The standard InChI is InChI=1S/C14H16ClNO3/c1-9(2)13-10(7-16-8-17)11(15)6-12-14(13)19-5-3-4-18-12/h6,9H,3-5,7H2,1-2H3. The first-order valence-electron chi connectivity index (χ1n) is 6.29. The zero-order valence-electron chi connectivity index (χ0n) is 11.0. The Morgan fingerprint density at radius 2 is 2.16 bits per heavy atom. The van der Waals surface area contributed by atoms with Gasteiger partial charge in [0.25, 0.3) is 0 Å². The van der Waals surface area contributed by atoms with Gasteiger partial charge in [0.05, 0.1) is 19.8 Å². The zero-order chi connectivity index (χ0) is 13.8. The molecule has 1 aromatic rings. The smallest absolute Gasteiger partial charge is 0.235 e. The Morgan fingerprint density at radius 3 is 2.84 bits per heavy atom. The molecule has 0 saturated heterocycles. The van der Waals surface area contributed by atoms with E-state index >= 15 is 0 Å². The quantitative estimate of drug-likeness (QED) is 0.630. The molecule has 0 unspecified atom stereocenters. The van der Waals surface area contributed by atoms with Gasteiger partial charge in [-0.2, -0.15) is 0 Å². The normalized spacial score (nSPS) is 13.9. The maximum absolute atomic E-state index is 10.3. The van der Waals surface area contributed by atoms with Crippen LogP contribution in [0.2, 0.25) is 5.02 Å². The van der Waals surface area contributed by atoms with E-state index in [4.69, 9.17) is 21.1 Å². The predicted molar refractivity (Wildman–Crippen MR) is 73.0 cm³/mol. The summed E-state index contributed by atoms with van der Waals surface area (Å²) in [5, 5.41) is 0.548. The lowest BCUT2D eigenvalue weighted by Gasteiger charge is -2.19. The number of isocyanates is 1. The van der Waals surface area contributed by atoms with Crippen LogP contribution in [-0.4, -0.2) is 19.3 Å². The van der Waals surface area contributed by atoms with E-state index in [-0.39, 0.29) is 12.5 Å². The number of fused-ring (bicyclic) bond motifs is 1. The summed E-state index contributed by atoms with van der Waals surface area (Å²) in [6.45, 7) is 5.55. The summed E-state index contributed by atoms with van der Waals surface area (Å²) in [6, 6.07) is 1.74. The summed E-state index contributed by atoms with van der Waals surface area (Å²) < 4.78 is 11.5. The van der Waals surface area contributed by atoms with Gasteiger partial charge >= 0.3 is 0 Å². The molecule has 102 valence electrons. The van der Waals surface area contributed by atoms with Gasteiger partial charge in [-0.3, -0.25) is 0 Å². The molecule has 0 amide bonds. The molecule has 1 aliphatic heterocycles. The van der Waals surface area contributed by atoms with Crippen LogP contribution in [0, 0.1) is 0 Å². The van der Waals surface area contributed by atoms with Crippen molar-refractivity contribution in [3.05, 3.63) is 22.2 Å². The molecule has 0 fully saturated rings. The number of hydrogen-bond acceptors (Lipinski definition) is 4. The van der Waals surface area contributed by atoms with Gasteiger partial charge in [0.15, 0.2) is 11.5 Å². The molecule has 0 aliphatic carbocycles. The third kappa shape index (κ3) is 2.91. The zero-order valence-corrected chi connectivity index (χ0v) is 11.8. The molecular weight excluding hydrogens is 266 g/mol. The van der Waals surface area contributed by atoms with Crippen molar-refractivity contribution < 1.29 is 14.3 Å². The minimum absolute atomic E-state index is 0.200. The number of aliphatic imine (C=N–C) groups is 1. The van der Waals surface area contributed by atoms with Crippen molar-refractivity contribution in [2.45, 2.75) is 32.7 Å². The number of halogens is 1. The average molecular weight is 282 g/mol. The maximum Gasteiger partial charge on any atom is 0.235 e. The molecule has 2 rings (SSSR count). The highest BCUT2D eigenvalue weighted by molar-refractivity contribution is 6.31. The first kappa shape index (κ1) is 13.9. The second-order valence-corrected chi connectivity index (χ2v) is 5.10. The van der Waals surface area contributed by atoms with Crippen LogP contribution in [0.25, 0.3) is 0 Å². The van der Waals surface area contributed by atoms with Crippen LogP contribution in [0.1, 0.15) is 37.3 Å². The molecule has 1 aromatic carbocycles. The topological polar surface area (TPSA) is 47.9 Å². The Balaban J connectivity index is 2.59. The van der Waals surface area contributed by atoms with Crippen LogP contribution < -0.4 is 9.47 Å². The highest BCUT2D eigenvalue weighted by Crippen LogP contribution is 2.43. The number of carbonyl (C=O) groups excluding carboxylic acids is 1. The third-order valence-electron chi connectivity index (χ3n) is 3.01. The lowest BCUT2D eigenvalue weighted by molar-refractivity contribution is 0.295. The Morgan fingerprint density at radius 1 is 1.42 bits per heavy atom. The van der Waals surface area contributed by atoms with E-state index in [0.29, 0.717) is 24.0 Å². The van der Waals surface area contributed by atoms with Gasteiger partial charge in [0.1, 0.15) is 0 Å². The minimum Gasteiger partial charge on any atom is -0.489 e. The molecule has 1 aliphatic rings. The average Bonchev–Trinajstić information content (AvgIpc) is 2.60. The Labute approximate surface area is 117 Å². The van der Waals surface area contributed by atoms with Gasteiger partial charge in [0.2, 0.25) is 6.08 Å². The largest absolute Gasteiger partial charge is 0.489 e. The first-order valence-corrected chi connectivity index (χ1v) is 6.67. The van der Waals surface area contributed by atoms with E-state index in [1.807, 2.05) is 13.8 Å². The van der Waals surface area contributed by atoms with Crippen molar-refractivity contribution in [2.75, 3.05) is 13.2 Å². The van der Waals surface area contributed by atoms with E-state index in [1.165, 1.54) is 0 Å². The van der Waals surface area contributed by atoms with Crippen molar-refractivity contribution in [3.63, 3.8) is 0 Å². The van der Waals surface area contributed by atoms with E-state index in [2.05, 4.69) is 4.99 Å². The van der Waals surface area contributed by atoms with Gasteiger partial charge in [-0.05, 0) is 5.92 Å². The summed E-state index contributed by atoms with van der Waals surface area (Å²) in [4.78, 5) is 14.0. The highest BCUT2D eigenvalue weighted by atomic mass is 35.5. The van der Waals surface area contributed by atoms with Crippen LogP contribution in [0.15, 0.2) is 11.1 Å². The van der Waals surface area contributed by atoms with Crippen molar-refractivity contribution >= 4 is 17.7 Å². The van der Waals surface area contributed by atoms with Crippen LogP contribution in [-0.2, 0) is 11.3 Å². The molecular formula is C14H16ClNO3. The Kier molecular flexibility index (Phi) is 4.46. The Bertz CT molecular complexity index is 522. The van der Waals surface area contributed by atoms with Crippen LogP contribution in [0.5, 0.6) is 11.5 Å². The van der Waals surface area contributed by atoms with Crippen molar-refractivity contribution in [2.24, 2.45) is 4.99 Å². The molecule has 0 saturated carbocycles. The van der Waals surface area contributed by atoms with Crippen LogP contribution in [0.4, 0.5) is 0 Å². The fraction of sp³-hybridized carbons (Fsp3) is 0.500. The lowest BCUT2D eigenvalue weighted by Crippen LogP contribution is -2.04. The maximum atomic E-state index is 10.3. The SMILES string of the molecule is CC(C)c1c(CN=C=O)c(Cl)cc2c1OCCCO2. The minimum atomic E-state index is 0.200. The Hall–Kier alpha value is -1.51. The molecule has 0 atom stereocenters. The number of rotatable bonds is 3. The van der Waals surface area contributed by atoms with Gasteiger partial charge in [-0.15, -0.1) is 0 Å². The predicted octanol–water partition coefficient (Wildman–Crippen LogP) is 3.46. The molecule has 5 heteroatoms. The van der Waals surface area contributed by atoms with Gasteiger partial charge in [-0.1, -0.05) is 25.4 Å². The van der Waals surface area contributed by atoms with Crippen molar-refractivity contribution in [1.29, 1.82) is 0 Å². The van der Waals surface area contributed by atoms with Crippen LogP contribution in [0.3, 0.4) is 0 Å². The molecule has 0 radical (unpaired) electrons. The summed E-state index contributed by atoms with van der Waals surface area (Å²) in [7, 11) is 0. The number of ether oxygens (including phenoxy) is 2. The highest BCUT2D eigenvalue weighted by Gasteiger charge is 2.23. The lowest BCUT2D eigenvalue weighted by atomic mass is 9.95. The molecule has 0 aromatic heterocycles. The van der Waals surface area contributed by atoms with Crippen LogP contribution >= 0.6 is 11.6 Å². The van der Waals surface area contributed by atoms with E-state index in [0.717, 1.165) is 23.3 Å². The molecule has 0 spiro atoms. The number of hydrogen-bond donors (Lipinski definition) is 0. The van der Waals surface area contributed by atoms with E-state index in [9.17, 15) is 4.79 Å². The van der Waals surface area contributed by atoms with Crippen molar-refractivity contribution in [1.82, 2.24) is 0 Å². The summed E-state index contributed by atoms with van der Waals surface area (Å²) >= 11 is 6.27. The van der Waals surface area contributed by atoms with E-state index in [1.54, 1.807) is 12.1 Å². The number of nitrogens with zero attached hydrogens (tertiary/aromatic N) is 1. The van der Waals surface area contributed by atoms with Gasteiger partial charge in [0, 0.05) is 28.6 Å². The fourth-order valence-corrected chi connectivity index (χ4v) is 2.48. The first-order chi connectivity index (χ1) is 9.15. The summed E-state index contributed by atoms with van der Waals surface area (Å²) in [5.41, 5.74) is 1.77. The molecule has 0 N–H and O–H groups in total. The second-order valence-electron chi connectivity index (χ2n) is 4.69. The molecule has 19 heavy (non-hydrogen) atoms. The molecule has 1 heterocycles. The second kappa shape index (κ2) is 6.09. The summed E-state index contributed by atoms with van der Waals surface area (Å²) in [6.07, 6.45) is 2.39.